The van der Waals surface area contributed by atoms with E-state index in [1.807, 2.05) is 4.90 Å². The topological polar surface area (TPSA) is 41.4 Å². The highest BCUT2D eigenvalue weighted by Gasteiger charge is 2.33. The summed E-state index contributed by atoms with van der Waals surface area (Å²) >= 11 is 0. The zero-order chi connectivity index (χ0) is 21.5. The Morgan fingerprint density at radius 2 is 1.77 bits per heavy atom. The van der Waals surface area contributed by atoms with Crippen LogP contribution in [0.15, 0.2) is 24.3 Å². The Hall–Kier alpha value is -2.35. The van der Waals surface area contributed by atoms with Crippen LogP contribution in [-0.2, 0) is 13.2 Å². The number of alkyl halides is 3. The number of nitrogens with zero attached hydrogens (tertiary/aromatic N) is 4. The quantitative estimate of drug-likeness (QED) is 0.750. The van der Waals surface area contributed by atoms with Crippen molar-refractivity contribution in [3.05, 3.63) is 41.1 Å². The third-order valence-corrected chi connectivity index (χ3v) is 6.36. The largest absolute Gasteiger partial charge is 0.416 e. The molecule has 0 atom stereocenters. The highest BCUT2D eigenvalue weighted by molar-refractivity contribution is 5.95. The average molecular weight is 420 g/mol. The van der Waals surface area contributed by atoms with Crippen LogP contribution in [0.4, 0.5) is 13.2 Å². The number of aryl methyl sites for hydroxylation is 1. The number of rotatable bonds is 3. The molecule has 0 aliphatic carbocycles. The molecule has 1 aromatic carbocycles. The highest BCUT2D eigenvalue weighted by Crippen LogP contribution is 2.34. The molecule has 5 nitrogen and oxygen atoms in total. The molecule has 0 unspecified atom stereocenters. The van der Waals surface area contributed by atoms with E-state index in [1.54, 1.807) is 20.0 Å². The number of carbonyl (C=O) groups is 1. The molecular weight excluding hydrogens is 393 g/mol. The van der Waals surface area contributed by atoms with Crippen LogP contribution in [0.1, 0.15) is 47.3 Å². The summed E-state index contributed by atoms with van der Waals surface area (Å²) in [5.41, 5.74) is 1.17. The number of piperidine rings is 1. The number of likely N-dealkylation sites (tertiary alicyclic amines) is 2. The molecule has 0 bridgehead atoms. The maximum absolute atomic E-state index is 13.1. The zero-order valence-corrected chi connectivity index (χ0v) is 17.4. The first-order valence-electron chi connectivity index (χ1n) is 10.5. The monoisotopic (exact) mass is 420 g/mol. The van der Waals surface area contributed by atoms with Gasteiger partial charge in [-0.2, -0.15) is 18.3 Å². The fourth-order valence-electron chi connectivity index (χ4n) is 4.77. The lowest BCUT2D eigenvalue weighted by Gasteiger charge is -2.36. The Morgan fingerprint density at radius 3 is 2.40 bits per heavy atom. The highest BCUT2D eigenvalue weighted by atomic mass is 19.4. The molecule has 2 aliphatic heterocycles. The maximum Gasteiger partial charge on any atom is 0.416 e. The van der Waals surface area contributed by atoms with Gasteiger partial charge in [-0.1, -0.05) is 12.1 Å². The second-order valence-corrected chi connectivity index (χ2v) is 8.29. The SMILES string of the molecule is Cc1c(C(=O)N2CCC(N3CCCC3)CC2)nn(C)c1-c1cccc(C(F)(F)F)c1. The molecule has 0 N–H and O–H groups in total. The molecule has 3 heterocycles. The Labute approximate surface area is 174 Å². The molecule has 162 valence electrons. The molecular formula is C22H27F3N4O. The van der Waals surface area contributed by atoms with Gasteiger partial charge in [0.15, 0.2) is 5.69 Å². The molecule has 1 aromatic heterocycles. The van der Waals surface area contributed by atoms with Crippen molar-refractivity contribution >= 4 is 5.91 Å². The average Bonchev–Trinajstić information content (AvgIpc) is 3.35. The van der Waals surface area contributed by atoms with Gasteiger partial charge in [-0.3, -0.25) is 9.48 Å². The standard InChI is InChI=1S/C22H27F3N4O/c1-15-19(21(30)29-12-8-18(9-13-29)28-10-3-4-11-28)26-27(2)20(15)16-6-5-7-17(14-16)22(23,24)25/h5-7,14,18H,3-4,8-13H2,1-2H3. The van der Waals surface area contributed by atoms with Crippen LogP contribution in [0.25, 0.3) is 11.3 Å². The lowest BCUT2D eigenvalue weighted by molar-refractivity contribution is -0.137. The molecule has 0 spiro atoms. The van der Waals surface area contributed by atoms with E-state index in [0.717, 1.165) is 38.1 Å². The minimum atomic E-state index is -4.42. The van der Waals surface area contributed by atoms with Crippen LogP contribution >= 0.6 is 0 Å². The van der Waals surface area contributed by atoms with Crippen LogP contribution in [0, 0.1) is 6.92 Å². The third kappa shape index (κ3) is 3.97. The summed E-state index contributed by atoms with van der Waals surface area (Å²) in [5, 5.41) is 4.38. The van der Waals surface area contributed by atoms with Crippen LogP contribution in [0.2, 0.25) is 0 Å². The number of hydrogen-bond acceptors (Lipinski definition) is 3. The van der Waals surface area contributed by atoms with E-state index in [4.69, 9.17) is 0 Å². The normalized spacial score (nSPS) is 18.9. The number of amides is 1. The zero-order valence-electron chi connectivity index (χ0n) is 17.4. The molecule has 4 rings (SSSR count). The molecule has 1 amide bonds. The summed E-state index contributed by atoms with van der Waals surface area (Å²) in [5.74, 6) is -0.138. The second kappa shape index (κ2) is 8.06. The molecule has 2 saturated heterocycles. The van der Waals surface area contributed by atoms with Gasteiger partial charge in [-0.05, 0) is 57.8 Å². The van der Waals surface area contributed by atoms with Crippen molar-refractivity contribution in [3.63, 3.8) is 0 Å². The summed E-state index contributed by atoms with van der Waals surface area (Å²) in [7, 11) is 1.67. The van der Waals surface area contributed by atoms with Gasteiger partial charge in [0.2, 0.25) is 0 Å². The van der Waals surface area contributed by atoms with E-state index in [9.17, 15) is 18.0 Å². The van der Waals surface area contributed by atoms with Crippen molar-refractivity contribution in [3.8, 4) is 11.3 Å². The number of benzene rings is 1. The first-order valence-corrected chi connectivity index (χ1v) is 10.5. The maximum atomic E-state index is 13.1. The van der Waals surface area contributed by atoms with Crippen molar-refractivity contribution < 1.29 is 18.0 Å². The van der Waals surface area contributed by atoms with E-state index < -0.39 is 11.7 Å². The van der Waals surface area contributed by atoms with Gasteiger partial charge < -0.3 is 9.80 Å². The van der Waals surface area contributed by atoms with Crippen molar-refractivity contribution in [2.45, 2.75) is 44.8 Å². The van der Waals surface area contributed by atoms with Gasteiger partial charge in [0.1, 0.15) is 0 Å². The smallest absolute Gasteiger partial charge is 0.337 e. The van der Waals surface area contributed by atoms with Gasteiger partial charge in [0, 0.05) is 37.3 Å². The van der Waals surface area contributed by atoms with Crippen LogP contribution in [0.3, 0.4) is 0 Å². The van der Waals surface area contributed by atoms with Crippen LogP contribution < -0.4 is 0 Å². The Kier molecular flexibility index (Phi) is 5.61. The number of aromatic nitrogens is 2. The Morgan fingerprint density at radius 1 is 1.10 bits per heavy atom. The molecule has 8 heteroatoms. The van der Waals surface area contributed by atoms with Crippen LogP contribution in [-0.4, -0.2) is 57.7 Å². The molecule has 2 aliphatic rings. The van der Waals surface area contributed by atoms with E-state index in [1.165, 1.54) is 23.6 Å². The molecule has 30 heavy (non-hydrogen) atoms. The van der Waals surface area contributed by atoms with Crippen molar-refractivity contribution in [2.75, 3.05) is 26.2 Å². The third-order valence-electron chi connectivity index (χ3n) is 6.36. The Bertz CT molecular complexity index is 923. The number of halogens is 3. The van der Waals surface area contributed by atoms with Crippen molar-refractivity contribution in [2.24, 2.45) is 7.05 Å². The predicted octanol–water partition coefficient (Wildman–Crippen LogP) is 4.11. The van der Waals surface area contributed by atoms with Gasteiger partial charge in [-0.25, -0.2) is 0 Å². The van der Waals surface area contributed by atoms with Crippen molar-refractivity contribution in [1.82, 2.24) is 19.6 Å². The van der Waals surface area contributed by atoms with Crippen molar-refractivity contribution in [1.29, 1.82) is 0 Å². The molecule has 0 radical (unpaired) electrons. The van der Waals surface area contributed by atoms with E-state index in [-0.39, 0.29) is 5.91 Å². The first kappa shape index (κ1) is 20.9. The number of carbonyl (C=O) groups excluding carboxylic acids is 1. The first-order chi connectivity index (χ1) is 14.3. The van der Waals surface area contributed by atoms with E-state index in [2.05, 4.69) is 10.00 Å². The molecule has 2 aromatic rings. The minimum Gasteiger partial charge on any atom is -0.337 e. The van der Waals surface area contributed by atoms with Gasteiger partial charge >= 0.3 is 6.18 Å². The summed E-state index contributed by atoms with van der Waals surface area (Å²) in [6.45, 7) is 5.44. The fraction of sp³-hybridized carbons (Fsp3) is 0.545. The van der Waals surface area contributed by atoms with Gasteiger partial charge in [0.25, 0.3) is 5.91 Å². The molecule has 0 saturated carbocycles. The number of hydrogen-bond donors (Lipinski definition) is 0. The van der Waals surface area contributed by atoms with Gasteiger partial charge in [0.05, 0.1) is 11.3 Å². The predicted molar refractivity (Wildman–Crippen MR) is 108 cm³/mol. The van der Waals surface area contributed by atoms with E-state index >= 15 is 0 Å². The fourth-order valence-corrected chi connectivity index (χ4v) is 4.77. The summed E-state index contributed by atoms with van der Waals surface area (Å²) in [4.78, 5) is 17.5. The Balaban J connectivity index is 1.53. The summed E-state index contributed by atoms with van der Waals surface area (Å²) in [6.07, 6.45) is 0.00618. The second-order valence-electron chi connectivity index (χ2n) is 8.29. The lowest BCUT2D eigenvalue weighted by atomic mass is 10.0. The van der Waals surface area contributed by atoms with Crippen LogP contribution in [0.5, 0.6) is 0 Å². The minimum absolute atomic E-state index is 0.138. The van der Waals surface area contributed by atoms with E-state index in [0.29, 0.717) is 41.6 Å². The molecule has 2 fully saturated rings. The summed E-state index contributed by atoms with van der Waals surface area (Å²) in [6, 6.07) is 5.71. The summed E-state index contributed by atoms with van der Waals surface area (Å²) < 4.78 is 40.9. The lowest BCUT2D eigenvalue weighted by Crippen LogP contribution is -2.46. The van der Waals surface area contributed by atoms with Gasteiger partial charge in [-0.15, -0.1) is 0 Å².